The molecule has 0 spiro atoms. The number of rotatable bonds is 5. The van der Waals surface area contributed by atoms with Crippen molar-refractivity contribution in [3.05, 3.63) is 35.6 Å². The van der Waals surface area contributed by atoms with Gasteiger partial charge < -0.3 is 10.6 Å². The fourth-order valence-electron chi connectivity index (χ4n) is 1.44. The lowest BCUT2D eigenvalue weighted by atomic mass is 10.1. The molecule has 0 aliphatic carbocycles. The molecule has 0 saturated heterocycles. The maximum atomic E-state index is 13.4. The van der Waals surface area contributed by atoms with Gasteiger partial charge in [0.15, 0.2) is 0 Å². The quantitative estimate of drug-likeness (QED) is 0.810. The summed E-state index contributed by atoms with van der Waals surface area (Å²) in [5.74, 6) is -1.22. The molecule has 106 valence electrons. The van der Waals surface area contributed by atoms with E-state index in [2.05, 4.69) is 5.32 Å². The maximum absolute atomic E-state index is 13.4. The van der Waals surface area contributed by atoms with Crippen molar-refractivity contribution in [3.8, 4) is 0 Å². The van der Waals surface area contributed by atoms with Crippen molar-refractivity contribution in [2.75, 3.05) is 13.1 Å². The average Bonchev–Trinajstić information content (AvgIpc) is 2.33. The summed E-state index contributed by atoms with van der Waals surface area (Å²) in [7, 11) is 0. The Bertz CT molecular complexity index is 434. The van der Waals surface area contributed by atoms with E-state index in [0.29, 0.717) is 5.56 Å². The van der Waals surface area contributed by atoms with Crippen LogP contribution in [0.5, 0.6) is 0 Å². The molecule has 0 bridgehead atoms. The van der Waals surface area contributed by atoms with Crippen LogP contribution in [0.1, 0.15) is 18.5 Å². The third-order valence-corrected chi connectivity index (χ3v) is 2.43. The molecule has 0 saturated carbocycles. The highest BCUT2D eigenvalue weighted by Gasteiger charge is 2.27. The molecular weight excluding hydrogens is 264 g/mol. The van der Waals surface area contributed by atoms with Crippen molar-refractivity contribution in [2.45, 2.75) is 19.1 Å². The lowest BCUT2D eigenvalue weighted by Gasteiger charge is -2.15. The van der Waals surface area contributed by atoms with Crippen molar-refractivity contribution >= 4 is 5.91 Å². The smallest absolute Gasteiger partial charge is 0.346 e. The van der Waals surface area contributed by atoms with E-state index >= 15 is 0 Å². The number of carbonyl (C=O) groups excluding carboxylic acids is 1. The third-order valence-electron chi connectivity index (χ3n) is 2.43. The fraction of sp³-hybridized carbons (Fsp3) is 0.417. The first-order chi connectivity index (χ1) is 8.79. The van der Waals surface area contributed by atoms with Crippen LogP contribution < -0.4 is 10.6 Å². The topological polar surface area (TPSA) is 41.1 Å². The van der Waals surface area contributed by atoms with Crippen molar-refractivity contribution in [1.82, 2.24) is 10.6 Å². The SMILES string of the molecule is CC(NCC(=O)NCC(F)(F)F)c1ccccc1F. The van der Waals surface area contributed by atoms with Gasteiger partial charge in [-0.25, -0.2) is 4.39 Å². The van der Waals surface area contributed by atoms with Crippen LogP contribution in [0, 0.1) is 5.82 Å². The van der Waals surface area contributed by atoms with Gasteiger partial charge in [-0.3, -0.25) is 4.79 Å². The maximum Gasteiger partial charge on any atom is 0.405 e. The molecule has 1 atom stereocenters. The Morgan fingerprint density at radius 2 is 1.95 bits per heavy atom. The van der Waals surface area contributed by atoms with Crippen LogP contribution in [0.15, 0.2) is 24.3 Å². The van der Waals surface area contributed by atoms with Crippen molar-refractivity contribution in [2.24, 2.45) is 0 Å². The molecule has 0 aliphatic rings. The molecule has 1 amide bonds. The highest BCUT2D eigenvalue weighted by atomic mass is 19.4. The molecule has 1 rings (SSSR count). The molecule has 3 nitrogen and oxygen atoms in total. The van der Waals surface area contributed by atoms with Gasteiger partial charge >= 0.3 is 6.18 Å². The number of carbonyl (C=O) groups is 1. The van der Waals surface area contributed by atoms with Crippen molar-refractivity contribution in [3.63, 3.8) is 0 Å². The zero-order chi connectivity index (χ0) is 14.5. The summed E-state index contributed by atoms with van der Waals surface area (Å²) < 4.78 is 48.9. The predicted octanol–water partition coefficient (Wildman–Crippen LogP) is 2.15. The number of nitrogens with one attached hydrogen (secondary N) is 2. The van der Waals surface area contributed by atoms with Gasteiger partial charge in [0.2, 0.25) is 5.91 Å². The second kappa shape index (κ2) is 6.51. The number of hydrogen-bond donors (Lipinski definition) is 2. The molecule has 0 aromatic heterocycles. The second-order valence-electron chi connectivity index (χ2n) is 4.02. The molecular formula is C12H14F4N2O. The van der Waals surface area contributed by atoms with Crippen LogP contribution in [0.4, 0.5) is 17.6 Å². The lowest BCUT2D eigenvalue weighted by Crippen LogP contribution is -2.39. The van der Waals surface area contributed by atoms with E-state index in [1.807, 2.05) is 0 Å². The Kier molecular flexibility index (Phi) is 5.29. The minimum Gasteiger partial charge on any atom is -0.346 e. The van der Waals surface area contributed by atoms with Gasteiger partial charge in [0, 0.05) is 11.6 Å². The first-order valence-electron chi connectivity index (χ1n) is 5.61. The van der Waals surface area contributed by atoms with Crippen molar-refractivity contribution in [1.29, 1.82) is 0 Å². The van der Waals surface area contributed by atoms with Crippen LogP contribution in [0.3, 0.4) is 0 Å². The molecule has 0 aliphatic heterocycles. The van der Waals surface area contributed by atoms with Gasteiger partial charge in [-0.1, -0.05) is 18.2 Å². The molecule has 0 heterocycles. The number of halogens is 4. The number of benzene rings is 1. The summed E-state index contributed by atoms with van der Waals surface area (Å²) in [4.78, 5) is 11.1. The monoisotopic (exact) mass is 278 g/mol. The normalized spacial score (nSPS) is 13.1. The molecule has 19 heavy (non-hydrogen) atoms. The summed E-state index contributed by atoms with van der Waals surface area (Å²) in [6.45, 7) is -0.0668. The van der Waals surface area contributed by atoms with Crippen molar-refractivity contribution < 1.29 is 22.4 Å². The Morgan fingerprint density at radius 3 is 2.53 bits per heavy atom. The summed E-state index contributed by atoms with van der Waals surface area (Å²) in [5.41, 5.74) is 0.353. The highest BCUT2D eigenvalue weighted by Crippen LogP contribution is 2.15. The second-order valence-corrected chi connectivity index (χ2v) is 4.02. The average molecular weight is 278 g/mol. The first-order valence-corrected chi connectivity index (χ1v) is 5.61. The summed E-state index contributed by atoms with van der Waals surface area (Å²) in [5, 5.41) is 4.38. The third kappa shape index (κ3) is 5.69. The summed E-state index contributed by atoms with van der Waals surface area (Å²) >= 11 is 0. The lowest BCUT2D eigenvalue weighted by molar-refractivity contribution is -0.137. The minimum absolute atomic E-state index is 0.314. The van der Waals surface area contributed by atoms with E-state index in [1.54, 1.807) is 24.4 Å². The Balaban J connectivity index is 2.40. The minimum atomic E-state index is -4.44. The largest absolute Gasteiger partial charge is 0.405 e. The molecule has 2 N–H and O–H groups in total. The predicted molar refractivity (Wildman–Crippen MR) is 61.9 cm³/mol. The summed E-state index contributed by atoms with van der Waals surface area (Å²) in [6, 6.07) is 5.51. The van der Waals surface area contributed by atoms with E-state index in [0.717, 1.165) is 0 Å². The van der Waals surface area contributed by atoms with Gasteiger partial charge in [0.05, 0.1) is 6.54 Å². The standard InChI is InChI=1S/C12H14F4N2O/c1-8(9-4-2-3-5-10(9)13)17-6-11(19)18-7-12(14,15)16/h2-5,8,17H,6-7H2,1H3,(H,18,19). The van der Waals surface area contributed by atoms with Gasteiger partial charge in [-0.15, -0.1) is 0 Å². The van der Waals surface area contributed by atoms with E-state index < -0.39 is 30.5 Å². The van der Waals surface area contributed by atoms with Gasteiger partial charge in [-0.05, 0) is 13.0 Å². The zero-order valence-corrected chi connectivity index (χ0v) is 10.2. The van der Waals surface area contributed by atoms with Crippen LogP contribution >= 0.6 is 0 Å². The molecule has 1 unspecified atom stereocenters. The number of hydrogen-bond acceptors (Lipinski definition) is 2. The van der Waals surface area contributed by atoms with E-state index in [4.69, 9.17) is 0 Å². The zero-order valence-electron chi connectivity index (χ0n) is 10.2. The molecule has 1 aromatic rings. The van der Waals surface area contributed by atoms with Crippen LogP contribution in [0.2, 0.25) is 0 Å². The van der Waals surface area contributed by atoms with Crippen LogP contribution in [0.25, 0.3) is 0 Å². The molecule has 0 radical (unpaired) electrons. The summed E-state index contributed by atoms with van der Waals surface area (Å²) in [6.07, 6.45) is -4.44. The van der Waals surface area contributed by atoms with E-state index in [1.165, 1.54) is 12.1 Å². The Hall–Kier alpha value is -1.63. The Morgan fingerprint density at radius 1 is 1.32 bits per heavy atom. The molecule has 1 aromatic carbocycles. The van der Waals surface area contributed by atoms with E-state index in [9.17, 15) is 22.4 Å². The Labute approximate surface area is 108 Å². The van der Waals surface area contributed by atoms with E-state index in [-0.39, 0.29) is 6.54 Å². The number of amides is 1. The van der Waals surface area contributed by atoms with Gasteiger partial charge in [-0.2, -0.15) is 13.2 Å². The van der Waals surface area contributed by atoms with Gasteiger partial charge in [0.25, 0.3) is 0 Å². The fourth-order valence-corrected chi connectivity index (χ4v) is 1.44. The number of alkyl halides is 3. The van der Waals surface area contributed by atoms with Crippen LogP contribution in [-0.2, 0) is 4.79 Å². The highest BCUT2D eigenvalue weighted by molar-refractivity contribution is 5.78. The van der Waals surface area contributed by atoms with Gasteiger partial charge in [0.1, 0.15) is 12.4 Å². The molecule has 0 fully saturated rings. The molecule has 7 heteroatoms. The first kappa shape index (κ1) is 15.4. The van der Waals surface area contributed by atoms with Crippen LogP contribution in [-0.4, -0.2) is 25.2 Å².